The molecule has 2 heterocycles. The third kappa shape index (κ3) is 3.81. The Hall–Kier alpha value is -3.20. The number of anilines is 1. The van der Waals surface area contributed by atoms with Crippen molar-refractivity contribution in [1.82, 2.24) is 10.2 Å². The van der Waals surface area contributed by atoms with E-state index in [-0.39, 0.29) is 16.6 Å². The molecule has 0 unspecified atom stereocenters. The predicted octanol–water partition coefficient (Wildman–Crippen LogP) is 3.53. The van der Waals surface area contributed by atoms with Crippen molar-refractivity contribution < 1.29 is 23.0 Å². The average molecular weight is 445 g/mol. The number of carbonyl (C=O) groups is 1. The van der Waals surface area contributed by atoms with E-state index < -0.39 is 17.7 Å². The second-order valence-corrected chi connectivity index (χ2v) is 7.80. The molecule has 0 saturated heterocycles. The second kappa shape index (κ2) is 8.14. The number of halogens is 2. The molecule has 0 saturated carbocycles. The van der Waals surface area contributed by atoms with Crippen LogP contribution in [0.15, 0.2) is 47.7 Å². The van der Waals surface area contributed by atoms with Gasteiger partial charge in [-0.05, 0) is 37.3 Å². The van der Waals surface area contributed by atoms with Gasteiger partial charge in [-0.2, -0.15) is 0 Å². The standard InChI is InChI=1S/C22H21F2N3O3S/c1-12-19(21(28)26(2)3)20(15-6-4-13(23)10-16(15)24)25-22(31)27(12)14-5-7-17-18(11-14)30-9-8-29-17/h4-7,10-11,20H,8-9H2,1-3H3,(H,25,31)/t20-/m0/s1. The van der Waals surface area contributed by atoms with Crippen molar-refractivity contribution in [3.63, 3.8) is 0 Å². The van der Waals surface area contributed by atoms with Crippen LogP contribution in [0.25, 0.3) is 0 Å². The Labute approximate surface area is 184 Å². The van der Waals surface area contributed by atoms with E-state index in [1.54, 1.807) is 38.1 Å². The molecule has 0 radical (unpaired) electrons. The highest BCUT2D eigenvalue weighted by Crippen LogP contribution is 2.39. The molecule has 6 nitrogen and oxygen atoms in total. The summed E-state index contributed by atoms with van der Waals surface area (Å²) in [5.74, 6) is -0.567. The minimum Gasteiger partial charge on any atom is -0.486 e. The first-order valence-corrected chi connectivity index (χ1v) is 10.1. The Balaban J connectivity index is 1.84. The summed E-state index contributed by atoms with van der Waals surface area (Å²) in [7, 11) is 3.23. The number of amides is 1. The van der Waals surface area contributed by atoms with Gasteiger partial charge in [-0.15, -0.1) is 0 Å². The zero-order chi connectivity index (χ0) is 22.3. The van der Waals surface area contributed by atoms with Crippen LogP contribution >= 0.6 is 12.2 Å². The Kier molecular flexibility index (Phi) is 5.53. The fourth-order valence-electron chi connectivity index (χ4n) is 3.71. The number of allylic oxidation sites excluding steroid dienone is 1. The Morgan fingerprint density at radius 1 is 1.13 bits per heavy atom. The minimum absolute atomic E-state index is 0.134. The number of nitrogens with zero attached hydrogens (tertiary/aromatic N) is 2. The van der Waals surface area contributed by atoms with E-state index in [4.69, 9.17) is 21.7 Å². The van der Waals surface area contributed by atoms with Gasteiger partial charge < -0.3 is 19.7 Å². The lowest BCUT2D eigenvalue weighted by Gasteiger charge is -2.38. The lowest BCUT2D eigenvalue weighted by Crippen LogP contribution is -2.49. The van der Waals surface area contributed by atoms with Gasteiger partial charge in [-0.1, -0.05) is 6.07 Å². The third-order valence-corrected chi connectivity index (χ3v) is 5.48. The van der Waals surface area contributed by atoms with E-state index in [0.29, 0.717) is 41.7 Å². The van der Waals surface area contributed by atoms with Crippen LogP contribution in [0.5, 0.6) is 11.5 Å². The smallest absolute Gasteiger partial charge is 0.253 e. The predicted molar refractivity (Wildman–Crippen MR) is 116 cm³/mol. The van der Waals surface area contributed by atoms with Gasteiger partial charge in [0.2, 0.25) is 0 Å². The van der Waals surface area contributed by atoms with Crippen molar-refractivity contribution >= 4 is 28.9 Å². The van der Waals surface area contributed by atoms with Gasteiger partial charge in [-0.25, -0.2) is 8.78 Å². The molecule has 0 aliphatic carbocycles. The fourth-order valence-corrected chi connectivity index (χ4v) is 4.07. The molecule has 31 heavy (non-hydrogen) atoms. The first kappa shape index (κ1) is 21.0. The van der Waals surface area contributed by atoms with Crippen molar-refractivity contribution in [2.45, 2.75) is 13.0 Å². The van der Waals surface area contributed by atoms with Crippen molar-refractivity contribution in [1.29, 1.82) is 0 Å². The van der Waals surface area contributed by atoms with Crippen molar-refractivity contribution in [2.75, 3.05) is 32.2 Å². The normalized spacial score (nSPS) is 18.0. The molecule has 2 aliphatic heterocycles. The first-order valence-electron chi connectivity index (χ1n) is 9.65. The molecule has 9 heteroatoms. The summed E-state index contributed by atoms with van der Waals surface area (Å²) in [5.41, 5.74) is 1.64. The van der Waals surface area contributed by atoms with E-state index in [1.807, 2.05) is 6.07 Å². The molecule has 2 aliphatic rings. The SMILES string of the molecule is CC1=C(C(=O)N(C)C)[C@H](c2ccc(F)cc2F)NC(=S)N1c1ccc2c(c1)OCCO2. The zero-order valence-electron chi connectivity index (χ0n) is 17.2. The van der Waals surface area contributed by atoms with E-state index in [9.17, 15) is 13.6 Å². The molecule has 0 fully saturated rings. The highest BCUT2D eigenvalue weighted by Gasteiger charge is 2.36. The number of ether oxygens (including phenoxy) is 2. The number of fused-ring (bicyclic) bond motifs is 1. The van der Waals surface area contributed by atoms with Gasteiger partial charge in [0.1, 0.15) is 24.8 Å². The summed E-state index contributed by atoms with van der Waals surface area (Å²) < 4.78 is 39.3. The number of hydrogen-bond donors (Lipinski definition) is 1. The number of thiocarbonyl (C=S) groups is 1. The summed E-state index contributed by atoms with van der Waals surface area (Å²) in [5, 5.41) is 3.33. The topological polar surface area (TPSA) is 54.0 Å². The van der Waals surface area contributed by atoms with Gasteiger partial charge in [0, 0.05) is 37.5 Å². The van der Waals surface area contributed by atoms with Crippen molar-refractivity contribution in [3.05, 3.63) is 64.9 Å². The second-order valence-electron chi connectivity index (χ2n) is 7.41. The van der Waals surface area contributed by atoms with Crippen LogP contribution in [0.3, 0.4) is 0 Å². The molecule has 0 bridgehead atoms. The molecule has 1 atom stereocenters. The van der Waals surface area contributed by atoms with Crippen molar-refractivity contribution in [2.24, 2.45) is 0 Å². The largest absolute Gasteiger partial charge is 0.486 e. The number of benzene rings is 2. The number of likely N-dealkylation sites (N-methyl/N-ethyl adjacent to an activating group) is 1. The molecular weight excluding hydrogens is 424 g/mol. The van der Waals surface area contributed by atoms with Crippen LogP contribution in [0, 0.1) is 11.6 Å². The summed E-state index contributed by atoms with van der Waals surface area (Å²) in [6, 6.07) is 7.77. The van der Waals surface area contributed by atoms with E-state index in [2.05, 4.69) is 5.32 Å². The zero-order valence-corrected chi connectivity index (χ0v) is 18.1. The molecular formula is C22H21F2N3O3S. The fraction of sp³-hybridized carbons (Fsp3) is 0.273. The van der Waals surface area contributed by atoms with E-state index in [0.717, 1.165) is 12.1 Å². The number of rotatable bonds is 3. The number of carbonyl (C=O) groups excluding carboxylic acids is 1. The number of nitrogens with one attached hydrogen (secondary N) is 1. The third-order valence-electron chi connectivity index (χ3n) is 5.18. The monoisotopic (exact) mass is 445 g/mol. The minimum atomic E-state index is -0.864. The highest BCUT2D eigenvalue weighted by molar-refractivity contribution is 7.80. The summed E-state index contributed by atoms with van der Waals surface area (Å²) in [6.45, 7) is 2.65. The van der Waals surface area contributed by atoms with Gasteiger partial charge in [-0.3, -0.25) is 9.69 Å². The van der Waals surface area contributed by atoms with Crippen LogP contribution < -0.4 is 19.7 Å². The van der Waals surface area contributed by atoms with Crippen molar-refractivity contribution in [3.8, 4) is 11.5 Å². The summed E-state index contributed by atoms with van der Waals surface area (Å²) >= 11 is 5.58. The van der Waals surface area contributed by atoms with Crippen LogP contribution in [-0.4, -0.2) is 43.2 Å². The number of hydrogen-bond acceptors (Lipinski definition) is 4. The molecule has 4 rings (SSSR count). The summed E-state index contributed by atoms with van der Waals surface area (Å²) in [6.07, 6.45) is 0. The first-order chi connectivity index (χ1) is 14.8. The molecule has 162 valence electrons. The lowest BCUT2D eigenvalue weighted by atomic mass is 9.93. The molecule has 1 amide bonds. The molecule has 2 aromatic carbocycles. The maximum absolute atomic E-state index is 14.6. The van der Waals surface area contributed by atoms with E-state index in [1.165, 1.54) is 11.0 Å². The van der Waals surface area contributed by atoms with Gasteiger partial charge in [0.15, 0.2) is 16.6 Å². The highest BCUT2D eigenvalue weighted by atomic mass is 32.1. The molecule has 2 aromatic rings. The van der Waals surface area contributed by atoms with Crippen LogP contribution in [0.2, 0.25) is 0 Å². The maximum Gasteiger partial charge on any atom is 0.253 e. The van der Waals surface area contributed by atoms with Crippen LogP contribution in [-0.2, 0) is 4.79 Å². The van der Waals surface area contributed by atoms with Crippen LogP contribution in [0.4, 0.5) is 14.5 Å². The van der Waals surface area contributed by atoms with Gasteiger partial charge in [0.25, 0.3) is 5.91 Å². The summed E-state index contributed by atoms with van der Waals surface area (Å²) in [4.78, 5) is 16.2. The Morgan fingerprint density at radius 3 is 2.52 bits per heavy atom. The van der Waals surface area contributed by atoms with E-state index >= 15 is 0 Å². The van der Waals surface area contributed by atoms with Gasteiger partial charge >= 0.3 is 0 Å². The molecule has 0 spiro atoms. The Bertz CT molecular complexity index is 1100. The maximum atomic E-state index is 14.6. The van der Waals surface area contributed by atoms with Gasteiger partial charge in [0.05, 0.1) is 17.3 Å². The van der Waals surface area contributed by atoms with Crippen LogP contribution in [0.1, 0.15) is 18.5 Å². The lowest BCUT2D eigenvalue weighted by molar-refractivity contribution is -0.125. The molecule has 0 aromatic heterocycles. The quantitative estimate of drug-likeness (QED) is 0.730. The Morgan fingerprint density at radius 2 is 1.84 bits per heavy atom. The average Bonchev–Trinajstić information content (AvgIpc) is 2.73. The molecule has 1 N–H and O–H groups in total.